The van der Waals surface area contributed by atoms with Crippen LogP contribution in [-0.2, 0) is 19.9 Å². The Morgan fingerprint density at radius 2 is 2.08 bits per heavy atom. The van der Waals surface area contributed by atoms with Gasteiger partial charge in [-0.1, -0.05) is 19.4 Å². The van der Waals surface area contributed by atoms with Gasteiger partial charge in [-0.3, -0.25) is 4.79 Å². The minimum atomic E-state index is -3.88. The first-order valence-electron chi connectivity index (χ1n) is 8.23. The van der Waals surface area contributed by atoms with E-state index in [-0.39, 0.29) is 28.7 Å². The molecule has 1 atom stereocenters. The third-order valence-corrected chi connectivity index (χ3v) is 7.43. The van der Waals surface area contributed by atoms with Crippen molar-refractivity contribution in [2.45, 2.75) is 37.1 Å². The zero-order chi connectivity index (χ0) is 18.7. The number of carbonyl (C=O) groups is 1. The van der Waals surface area contributed by atoms with Gasteiger partial charge >= 0.3 is 0 Å². The molecule has 1 fully saturated rings. The molecule has 1 amide bonds. The minimum absolute atomic E-state index is 0.0130. The van der Waals surface area contributed by atoms with Gasteiger partial charge in [0.1, 0.15) is 0 Å². The Morgan fingerprint density at radius 1 is 1.36 bits per heavy atom. The lowest BCUT2D eigenvalue weighted by molar-refractivity contribution is 0.0793. The number of nitrogens with one attached hydrogen (secondary N) is 1. The maximum atomic E-state index is 12.5. The lowest BCUT2D eigenvalue weighted by Gasteiger charge is -2.17. The number of sulfonamides is 1. The summed E-state index contributed by atoms with van der Waals surface area (Å²) >= 11 is 0. The van der Waals surface area contributed by atoms with Crippen molar-refractivity contribution < 1.29 is 21.6 Å². The van der Waals surface area contributed by atoms with Gasteiger partial charge in [-0.05, 0) is 31.0 Å². The van der Waals surface area contributed by atoms with Crippen LogP contribution in [0.3, 0.4) is 0 Å². The van der Waals surface area contributed by atoms with E-state index in [0.29, 0.717) is 12.1 Å². The van der Waals surface area contributed by atoms with Crippen molar-refractivity contribution in [3.63, 3.8) is 0 Å². The van der Waals surface area contributed by atoms with Gasteiger partial charge in [0.05, 0.1) is 16.4 Å². The van der Waals surface area contributed by atoms with Crippen molar-refractivity contribution in [1.82, 2.24) is 9.62 Å². The lowest BCUT2D eigenvalue weighted by Crippen LogP contribution is -2.35. The molecular weight excluding hydrogens is 364 g/mol. The number of unbranched alkanes of at least 4 members (excludes halogenated alkanes) is 1. The molecule has 2 rings (SSSR count). The summed E-state index contributed by atoms with van der Waals surface area (Å²) in [5, 5.41) is 0. The molecular formula is C16H24N2O5S2. The quantitative estimate of drug-likeness (QED) is 0.752. The number of hydrogen-bond donors (Lipinski definition) is 1. The fourth-order valence-electron chi connectivity index (χ4n) is 2.69. The Bertz CT molecular complexity index is 834. The van der Waals surface area contributed by atoms with Gasteiger partial charge in [-0.15, -0.1) is 0 Å². The van der Waals surface area contributed by atoms with Gasteiger partial charge in [-0.2, -0.15) is 0 Å². The lowest BCUT2D eigenvalue weighted by atomic mass is 10.2. The second-order valence-corrected chi connectivity index (χ2v) is 10.3. The van der Waals surface area contributed by atoms with E-state index in [2.05, 4.69) is 4.72 Å². The van der Waals surface area contributed by atoms with Crippen LogP contribution < -0.4 is 4.72 Å². The molecule has 1 aromatic rings. The van der Waals surface area contributed by atoms with Gasteiger partial charge in [0, 0.05) is 25.2 Å². The van der Waals surface area contributed by atoms with Gasteiger partial charge < -0.3 is 4.90 Å². The molecule has 0 radical (unpaired) electrons. The average Bonchev–Trinajstić information content (AvgIpc) is 2.89. The highest BCUT2D eigenvalue weighted by Crippen LogP contribution is 2.17. The molecule has 7 nitrogen and oxygen atoms in total. The fourth-order valence-corrected chi connectivity index (χ4v) is 5.78. The largest absolute Gasteiger partial charge is 0.342 e. The monoisotopic (exact) mass is 388 g/mol. The van der Waals surface area contributed by atoms with E-state index in [9.17, 15) is 21.6 Å². The van der Waals surface area contributed by atoms with Crippen LogP contribution in [0.5, 0.6) is 0 Å². The summed E-state index contributed by atoms with van der Waals surface area (Å²) in [6, 6.07) is 5.19. The number of amides is 1. The molecule has 1 saturated heterocycles. The molecule has 9 heteroatoms. The van der Waals surface area contributed by atoms with E-state index >= 15 is 0 Å². The second kappa shape index (κ2) is 7.84. The maximum absolute atomic E-state index is 12.5. The van der Waals surface area contributed by atoms with Crippen LogP contribution in [0.1, 0.15) is 36.5 Å². The number of nitrogens with zero attached hydrogens (tertiary/aromatic N) is 1. The summed E-state index contributed by atoms with van der Waals surface area (Å²) < 4.78 is 50.4. The normalized spacial score (nSPS) is 19.7. The fraction of sp³-hybridized carbons (Fsp3) is 0.562. The average molecular weight is 389 g/mol. The first-order chi connectivity index (χ1) is 11.6. The molecule has 1 aliphatic rings. The molecule has 1 N–H and O–H groups in total. The summed E-state index contributed by atoms with van der Waals surface area (Å²) in [6.45, 7) is 2.63. The van der Waals surface area contributed by atoms with Crippen LogP contribution in [0.15, 0.2) is 29.2 Å². The van der Waals surface area contributed by atoms with E-state index in [1.54, 1.807) is 18.0 Å². The molecule has 140 valence electrons. The van der Waals surface area contributed by atoms with E-state index in [4.69, 9.17) is 0 Å². The number of rotatable bonds is 7. The zero-order valence-electron chi connectivity index (χ0n) is 14.4. The summed E-state index contributed by atoms with van der Waals surface area (Å²) in [5.74, 6) is -0.445. The van der Waals surface area contributed by atoms with E-state index in [1.165, 1.54) is 18.2 Å². The molecule has 0 bridgehead atoms. The molecule has 0 aliphatic carbocycles. The number of carbonyl (C=O) groups excluding carboxylic acids is 1. The predicted molar refractivity (Wildman–Crippen MR) is 95.7 cm³/mol. The topological polar surface area (TPSA) is 101 Å². The van der Waals surface area contributed by atoms with Gasteiger partial charge in [0.15, 0.2) is 9.84 Å². The van der Waals surface area contributed by atoms with Crippen molar-refractivity contribution in [3.05, 3.63) is 29.8 Å². The molecule has 0 spiro atoms. The molecule has 0 unspecified atom stereocenters. The van der Waals surface area contributed by atoms with Crippen molar-refractivity contribution in [1.29, 1.82) is 0 Å². The summed E-state index contributed by atoms with van der Waals surface area (Å²) in [4.78, 5) is 13.9. The maximum Gasteiger partial charge on any atom is 0.253 e. The number of benzene rings is 1. The standard InChI is InChI=1S/C16H24N2O5S2/c1-3-4-9-18(2)16(19)13-6-5-7-15(11-13)25(22,23)17-14-8-10-24(20,21)12-14/h5-7,11,14,17H,3-4,8-10,12H2,1-2H3/t14-/m1/s1. The molecule has 0 saturated carbocycles. The first-order valence-corrected chi connectivity index (χ1v) is 11.5. The molecule has 0 aromatic heterocycles. The minimum Gasteiger partial charge on any atom is -0.342 e. The first kappa shape index (κ1) is 19.9. The summed E-state index contributed by atoms with van der Waals surface area (Å²) in [6.07, 6.45) is 2.10. The third kappa shape index (κ3) is 5.26. The van der Waals surface area contributed by atoms with Gasteiger partial charge in [0.2, 0.25) is 10.0 Å². The SMILES string of the molecule is CCCCN(C)C(=O)c1cccc(S(=O)(=O)N[C@@H]2CCS(=O)(=O)C2)c1. The molecule has 1 aliphatic heterocycles. The van der Waals surface area contributed by atoms with Gasteiger partial charge in [-0.25, -0.2) is 21.6 Å². The van der Waals surface area contributed by atoms with E-state index in [0.717, 1.165) is 12.8 Å². The summed E-state index contributed by atoms with van der Waals surface area (Å²) in [5.41, 5.74) is 0.292. The Morgan fingerprint density at radius 3 is 2.68 bits per heavy atom. The van der Waals surface area contributed by atoms with Crippen LogP contribution in [0, 0.1) is 0 Å². The Labute approximate surface area is 149 Å². The van der Waals surface area contributed by atoms with Crippen molar-refractivity contribution in [2.24, 2.45) is 0 Å². The third-order valence-electron chi connectivity index (χ3n) is 4.14. The predicted octanol–water partition coefficient (Wildman–Crippen LogP) is 1.02. The van der Waals surface area contributed by atoms with E-state index < -0.39 is 25.9 Å². The van der Waals surface area contributed by atoms with Crippen molar-refractivity contribution in [2.75, 3.05) is 25.1 Å². The molecule has 1 aromatic carbocycles. The van der Waals surface area contributed by atoms with Crippen LogP contribution in [0.4, 0.5) is 0 Å². The van der Waals surface area contributed by atoms with Crippen LogP contribution in [-0.4, -0.2) is 58.8 Å². The smallest absolute Gasteiger partial charge is 0.253 e. The Hall–Kier alpha value is -1.45. The zero-order valence-corrected chi connectivity index (χ0v) is 16.1. The number of hydrogen-bond acceptors (Lipinski definition) is 5. The summed E-state index contributed by atoms with van der Waals surface area (Å²) in [7, 11) is -5.38. The highest BCUT2D eigenvalue weighted by Gasteiger charge is 2.31. The van der Waals surface area contributed by atoms with Crippen molar-refractivity contribution in [3.8, 4) is 0 Å². The number of sulfone groups is 1. The highest BCUT2D eigenvalue weighted by atomic mass is 32.2. The van der Waals surface area contributed by atoms with Crippen LogP contribution in [0.25, 0.3) is 0 Å². The van der Waals surface area contributed by atoms with Crippen molar-refractivity contribution >= 4 is 25.8 Å². The van der Waals surface area contributed by atoms with E-state index in [1.807, 2.05) is 6.92 Å². The van der Waals surface area contributed by atoms with Crippen LogP contribution in [0.2, 0.25) is 0 Å². The van der Waals surface area contributed by atoms with Gasteiger partial charge in [0.25, 0.3) is 5.91 Å². The Kier molecular flexibility index (Phi) is 6.23. The highest BCUT2D eigenvalue weighted by molar-refractivity contribution is 7.92. The molecule has 25 heavy (non-hydrogen) atoms. The Balaban J connectivity index is 2.15. The second-order valence-electron chi connectivity index (χ2n) is 6.33. The molecule has 1 heterocycles. The van der Waals surface area contributed by atoms with Crippen LogP contribution >= 0.6 is 0 Å².